The Bertz CT molecular complexity index is 355. The van der Waals surface area contributed by atoms with E-state index in [1.807, 2.05) is 0 Å². The molecule has 1 aromatic heterocycles. The second-order valence-electron chi connectivity index (χ2n) is 4.75. The van der Waals surface area contributed by atoms with E-state index < -0.39 is 0 Å². The van der Waals surface area contributed by atoms with E-state index in [4.69, 9.17) is 0 Å². The van der Waals surface area contributed by atoms with Gasteiger partial charge in [-0.2, -0.15) is 0 Å². The summed E-state index contributed by atoms with van der Waals surface area (Å²) in [6.07, 6.45) is 7.18. The molecule has 2 heterocycles. The van der Waals surface area contributed by atoms with E-state index in [1.54, 1.807) is 0 Å². The van der Waals surface area contributed by atoms with Crippen molar-refractivity contribution in [3.05, 3.63) is 18.2 Å². The van der Waals surface area contributed by atoms with E-state index in [1.165, 1.54) is 18.8 Å². The fourth-order valence-corrected chi connectivity index (χ4v) is 2.38. The normalized spacial score (nSPS) is 20.1. The van der Waals surface area contributed by atoms with Gasteiger partial charge in [0.15, 0.2) is 5.82 Å². The molecule has 1 atom stereocenters. The van der Waals surface area contributed by atoms with Crippen LogP contribution >= 0.6 is 0 Å². The Morgan fingerprint density at radius 3 is 2.89 bits per heavy atom. The van der Waals surface area contributed by atoms with Crippen molar-refractivity contribution in [2.24, 2.45) is 0 Å². The molecule has 0 aliphatic carbocycles. The smallest absolute Gasteiger partial charge is 0.225 e. The molecular formula is C13H21FN4. The molecule has 1 fully saturated rings. The van der Waals surface area contributed by atoms with Crippen LogP contribution < -0.4 is 10.2 Å². The third kappa shape index (κ3) is 3.38. The number of hydrogen-bond donors (Lipinski definition) is 1. The van der Waals surface area contributed by atoms with Crippen LogP contribution in [-0.4, -0.2) is 35.6 Å². The molecule has 18 heavy (non-hydrogen) atoms. The lowest BCUT2D eigenvalue weighted by molar-refractivity contribution is 0.429. The fraction of sp³-hybridized carbons (Fsp3) is 0.692. The van der Waals surface area contributed by atoms with E-state index in [2.05, 4.69) is 27.1 Å². The molecule has 0 aromatic carbocycles. The van der Waals surface area contributed by atoms with Crippen LogP contribution in [0.15, 0.2) is 12.4 Å². The van der Waals surface area contributed by atoms with Crippen LogP contribution in [0.4, 0.5) is 10.3 Å². The van der Waals surface area contributed by atoms with Crippen LogP contribution in [0.5, 0.6) is 0 Å². The number of anilines is 1. The van der Waals surface area contributed by atoms with Gasteiger partial charge in [0.2, 0.25) is 5.95 Å². The minimum Gasteiger partial charge on any atom is -0.337 e. The zero-order chi connectivity index (χ0) is 12.8. The molecular weight excluding hydrogens is 231 g/mol. The van der Waals surface area contributed by atoms with Crippen molar-refractivity contribution in [3.63, 3.8) is 0 Å². The minimum absolute atomic E-state index is 0.378. The number of halogens is 1. The maximum absolute atomic E-state index is 12.8. The number of nitrogens with one attached hydrogen (secondary N) is 1. The standard InChI is InChI=1S/C13H21FN4/c1-2-6-15-10-12-5-3-4-7-18(12)13-16-8-11(14)9-17-13/h8-9,12,15H,2-7,10H2,1H3. The number of hydrogen-bond acceptors (Lipinski definition) is 4. The highest BCUT2D eigenvalue weighted by atomic mass is 19.1. The van der Waals surface area contributed by atoms with Gasteiger partial charge in [-0.3, -0.25) is 0 Å². The summed E-state index contributed by atoms with van der Waals surface area (Å²) in [7, 11) is 0. The summed E-state index contributed by atoms with van der Waals surface area (Å²) < 4.78 is 12.8. The van der Waals surface area contributed by atoms with Crippen LogP contribution in [-0.2, 0) is 0 Å². The molecule has 100 valence electrons. The maximum Gasteiger partial charge on any atom is 0.225 e. The Morgan fingerprint density at radius 2 is 2.17 bits per heavy atom. The summed E-state index contributed by atoms with van der Waals surface area (Å²) in [5.41, 5.74) is 0. The monoisotopic (exact) mass is 252 g/mol. The quantitative estimate of drug-likeness (QED) is 0.814. The van der Waals surface area contributed by atoms with Crippen molar-refractivity contribution in [3.8, 4) is 0 Å². The zero-order valence-electron chi connectivity index (χ0n) is 10.9. The largest absolute Gasteiger partial charge is 0.337 e. The van der Waals surface area contributed by atoms with E-state index in [0.717, 1.165) is 38.9 Å². The number of piperidine rings is 1. The topological polar surface area (TPSA) is 41.0 Å². The van der Waals surface area contributed by atoms with E-state index in [0.29, 0.717) is 12.0 Å². The second kappa shape index (κ2) is 6.64. The lowest BCUT2D eigenvalue weighted by atomic mass is 10.0. The maximum atomic E-state index is 12.8. The molecule has 1 aliphatic rings. The summed E-state index contributed by atoms with van der Waals surface area (Å²) in [5, 5.41) is 3.44. The summed E-state index contributed by atoms with van der Waals surface area (Å²) in [6, 6.07) is 0.427. The SMILES string of the molecule is CCCNCC1CCCCN1c1ncc(F)cn1. The van der Waals surface area contributed by atoms with Crippen molar-refractivity contribution < 1.29 is 4.39 Å². The highest BCUT2D eigenvalue weighted by Gasteiger charge is 2.23. The molecule has 1 N–H and O–H groups in total. The molecule has 1 unspecified atom stereocenters. The summed E-state index contributed by atoms with van der Waals surface area (Å²) >= 11 is 0. The van der Waals surface area contributed by atoms with Crippen molar-refractivity contribution in [1.82, 2.24) is 15.3 Å². The molecule has 5 heteroatoms. The van der Waals surface area contributed by atoms with Gasteiger partial charge in [0.05, 0.1) is 12.4 Å². The first kappa shape index (κ1) is 13.2. The first-order chi connectivity index (χ1) is 8.81. The highest BCUT2D eigenvalue weighted by molar-refractivity contribution is 5.31. The van der Waals surface area contributed by atoms with E-state index in [9.17, 15) is 4.39 Å². The Balaban J connectivity index is 2.00. The molecule has 1 aromatic rings. The lowest BCUT2D eigenvalue weighted by Crippen LogP contribution is -2.46. The van der Waals surface area contributed by atoms with Gasteiger partial charge >= 0.3 is 0 Å². The molecule has 0 amide bonds. The van der Waals surface area contributed by atoms with Crippen LogP contribution in [0.2, 0.25) is 0 Å². The van der Waals surface area contributed by atoms with Gasteiger partial charge < -0.3 is 10.2 Å². The Hall–Kier alpha value is -1.23. The van der Waals surface area contributed by atoms with Crippen molar-refractivity contribution in [1.29, 1.82) is 0 Å². The number of aromatic nitrogens is 2. The molecule has 2 rings (SSSR count). The molecule has 0 saturated carbocycles. The minimum atomic E-state index is -0.378. The predicted octanol–water partition coefficient (Wildman–Crippen LogP) is 1.97. The highest BCUT2D eigenvalue weighted by Crippen LogP contribution is 2.20. The Morgan fingerprint density at radius 1 is 1.39 bits per heavy atom. The average Bonchev–Trinajstić information content (AvgIpc) is 2.41. The zero-order valence-corrected chi connectivity index (χ0v) is 10.9. The van der Waals surface area contributed by atoms with Gasteiger partial charge in [0.1, 0.15) is 0 Å². The Kier molecular flexibility index (Phi) is 4.87. The molecule has 1 aliphatic heterocycles. The first-order valence-electron chi connectivity index (χ1n) is 6.76. The second-order valence-corrected chi connectivity index (χ2v) is 4.75. The van der Waals surface area contributed by atoms with Crippen molar-refractivity contribution in [2.75, 3.05) is 24.5 Å². The van der Waals surface area contributed by atoms with Crippen molar-refractivity contribution in [2.45, 2.75) is 38.6 Å². The van der Waals surface area contributed by atoms with Crippen LogP contribution in [0.3, 0.4) is 0 Å². The van der Waals surface area contributed by atoms with Gasteiger partial charge in [-0.1, -0.05) is 6.92 Å². The summed E-state index contributed by atoms with van der Waals surface area (Å²) in [4.78, 5) is 10.4. The molecule has 4 nitrogen and oxygen atoms in total. The number of nitrogens with zero attached hydrogens (tertiary/aromatic N) is 3. The first-order valence-corrected chi connectivity index (χ1v) is 6.76. The van der Waals surface area contributed by atoms with Gasteiger partial charge in [0.25, 0.3) is 0 Å². The van der Waals surface area contributed by atoms with E-state index >= 15 is 0 Å². The molecule has 0 radical (unpaired) electrons. The summed E-state index contributed by atoms with van der Waals surface area (Å²) in [6.45, 7) is 5.11. The molecule has 0 spiro atoms. The van der Waals surface area contributed by atoms with Crippen LogP contribution in [0, 0.1) is 5.82 Å². The predicted molar refractivity (Wildman–Crippen MR) is 70.1 cm³/mol. The Labute approximate surface area is 108 Å². The van der Waals surface area contributed by atoms with Gasteiger partial charge in [0, 0.05) is 19.1 Å². The fourth-order valence-electron chi connectivity index (χ4n) is 2.38. The van der Waals surface area contributed by atoms with Gasteiger partial charge in [-0.25, -0.2) is 14.4 Å². The van der Waals surface area contributed by atoms with Crippen LogP contribution in [0.25, 0.3) is 0 Å². The number of rotatable bonds is 5. The third-order valence-electron chi connectivity index (χ3n) is 3.30. The van der Waals surface area contributed by atoms with E-state index in [-0.39, 0.29) is 5.82 Å². The lowest BCUT2D eigenvalue weighted by Gasteiger charge is -2.35. The van der Waals surface area contributed by atoms with Crippen LogP contribution in [0.1, 0.15) is 32.6 Å². The summed E-state index contributed by atoms with van der Waals surface area (Å²) in [5.74, 6) is 0.274. The molecule has 1 saturated heterocycles. The van der Waals surface area contributed by atoms with Gasteiger partial charge in [-0.05, 0) is 32.2 Å². The molecule has 0 bridgehead atoms. The van der Waals surface area contributed by atoms with Crippen molar-refractivity contribution >= 4 is 5.95 Å². The average molecular weight is 252 g/mol. The van der Waals surface area contributed by atoms with Gasteiger partial charge in [-0.15, -0.1) is 0 Å². The third-order valence-corrected chi connectivity index (χ3v) is 3.30.